The standard InChI is InChI=1S/C19H26N4O2S/c1-16-21-18(12-26-16)11-23-5-7-24-15-19(14-23)13-22(6-8-25-19)10-17-3-2-4-20-9-17/h2-4,9,12H,5-8,10-11,13-15H2,1H3/t19-/m1/s1. The van der Waals surface area contributed by atoms with Gasteiger partial charge in [-0.3, -0.25) is 14.8 Å². The van der Waals surface area contributed by atoms with E-state index in [-0.39, 0.29) is 5.60 Å². The Balaban J connectivity index is 1.43. The average Bonchev–Trinajstić information content (AvgIpc) is 2.94. The van der Waals surface area contributed by atoms with Gasteiger partial charge in [-0.2, -0.15) is 0 Å². The van der Waals surface area contributed by atoms with Crippen LogP contribution in [0.1, 0.15) is 16.3 Å². The molecule has 0 radical (unpaired) electrons. The maximum Gasteiger partial charge on any atom is 0.117 e. The summed E-state index contributed by atoms with van der Waals surface area (Å²) in [7, 11) is 0. The SMILES string of the molecule is Cc1nc(CN2CCOC[C@@]3(CN(Cc4cccnc4)CCO3)C2)cs1. The van der Waals surface area contributed by atoms with Gasteiger partial charge in [0.25, 0.3) is 0 Å². The summed E-state index contributed by atoms with van der Waals surface area (Å²) < 4.78 is 12.2. The molecular formula is C19H26N4O2S. The number of hydrogen-bond acceptors (Lipinski definition) is 7. The van der Waals surface area contributed by atoms with Crippen molar-refractivity contribution in [3.63, 3.8) is 0 Å². The van der Waals surface area contributed by atoms with E-state index in [0.717, 1.165) is 63.2 Å². The Morgan fingerprint density at radius 1 is 1.19 bits per heavy atom. The van der Waals surface area contributed by atoms with Crippen molar-refractivity contribution in [3.05, 3.63) is 46.2 Å². The highest BCUT2D eigenvalue weighted by molar-refractivity contribution is 7.09. The van der Waals surface area contributed by atoms with Gasteiger partial charge in [0.15, 0.2) is 0 Å². The van der Waals surface area contributed by atoms with Crippen LogP contribution in [0.5, 0.6) is 0 Å². The zero-order valence-electron chi connectivity index (χ0n) is 15.3. The molecule has 0 aromatic carbocycles. The normalized spacial score (nSPS) is 25.4. The highest BCUT2D eigenvalue weighted by Crippen LogP contribution is 2.25. The van der Waals surface area contributed by atoms with Gasteiger partial charge in [-0.05, 0) is 18.6 Å². The van der Waals surface area contributed by atoms with E-state index in [1.165, 1.54) is 5.56 Å². The summed E-state index contributed by atoms with van der Waals surface area (Å²) in [6.45, 7) is 9.61. The lowest BCUT2D eigenvalue weighted by molar-refractivity contribution is -0.143. The second kappa shape index (κ2) is 8.10. The number of aromatic nitrogens is 2. The largest absolute Gasteiger partial charge is 0.377 e. The fourth-order valence-electron chi connectivity index (χ4n) is 3.82. The molecule has 0 amide bonds. The molecule has 0 bridgehead atoms. The third-order valence-electron chi connectivity index (χ3n) is 4.94. The van der Waals surface area contributed by atoms with Crippen molar-refractivity contribution in [1.29, 1.82) is 0 Å². The number of pyridine rings is 1. The number of morpholine rings is 1. The van der Waals surface area contributed by atoms with Crippen molar-refractivity contribution in [2.75, 3.05) is 46.0 Å². The third kappa shape index (κ3) is 4.47. The molecule has 140 valence electrons. The Morgan fingerprint density at radius 3 is 2.81 bits per heavy atom. The predicted octanol–water partition coefficient (Wildman–Crippen LogP) is 1.95. The van der Waals surface area contributed by atoms with Crippen LogP contribution in [0.25, 0.3) is 0 Å². The smallest absolute Gasteiger partial charge is 0.117 e. The first-order valence-electron chi connectivity index (χ1n) is 9.17. The van der Waals surface area contributed by atoms with Gasteiger partial charge in [0.2, 0.25) is 0 Å². The average molecular weight is 375 g/mol. The van der Waals surface area contributed by atoms with Gasteiger partial charge in [0.1, 0.15) is 5.60 Å². The maximum absolute atomic E-state index is 6.29. The quantitative estimate of drug-likeness (QED) is 0.815. The Bertz CT molecular complexity index is 711. The van der Waals surface area contributed by atoms with E-state index in [4.69, 9.17) is 9.47 Å². The number of rotatable bonds is 4. The number of thiazole rings is 1. The first-order valence-corrected chi connectivity index (χ1v) is 10.1. The summed E-state index contributed by atoms with van der Waals surface area (Å²) in [6, 6.07) is 4.13. The molecule has 2 saturated heterocycles. The molecule has 1 spiro atoms. The molecule has 2 fully saturated rings. The number of hydrogen-bond donors (Lipinski definition) is 0. The van der Waals surface area contributed by atoms with Gasteiger partial charge in [0, 0.05) is 57.0 Å². The fraction of sp³-hybridized carbons (Fsp3) is 0.579. The molecule has 0 aliphatic carbocycles. The molecule has 2 aliphatic rings. The van der Waals surface area contributed by atoms with Crippen LogP contribution < -0.4 is 0 Å². The highest BCUT2D eigenvalue weighted by atomic mass is 32.1. The molecule has 0 N–H and O–H groups in total. The van der Waals surface area contributed by atoms with Crippen LogP contribution in [0.3, 0.4) is 0 Å². The molecular weight excluding hydrogens is 348 g/mol. The zero-order chi connectivity index (χ0) is 17.8. The van der Waals surface area contributed by atoms with Crippen LogP contribution in [0.15, 0.2) is 29.9 Å². The Hall–Kier alpha value is -1.38. The lowest BCUT2D eigenvalue weighted by Crippen LogP contribution is -2.58. The van der Waals surface area contributed by atoms with E-state index < -0.39 is 0 Å². The molecule has 7 heteroatoms. The molecule has 2 aliphatic heterocycles. The molecule has 0 unspecified atom stereocenters. The lowest BCUT2D eigenvalue weighted by Gasteiger charge is -2.43. The maximum atomic E-state index is 6.29. The summed E-state index contributed by atoms with van der Waals surface area (Å²) in [4.78, 5) is 13.7. The zero-order valence-corrected chi connectivity index (χ0v) is 16.1. The van der Waals surface area contributed by atoms with Crippen molar-refractivity contribution < 1.29 is 9.47 Å². The Kier molecular flexibility index (Phi) is 5.61. The minimum Gasteiger partial charge on any atom is -0.377 e. The minimum atomic E-state index is -0.262. The molecule has 4 rings (SSSR count). The van der Waals surface area contributed by atoms with Crippen molar-refractivity contribution in [2.24, 2.45) is 0 Å². The van der Waals surface area contributed by atoms with Gasteiger partial charge in [-0.1, -0.05) is 6.07 Å². The summed E-state index contributed by atoms with van der Waals surface area (Å²) in [5.41, 5.74) is 2.13. The minimum absolute atomic E-state index is 0.262. The first-order chi connectivity index (χ1) is 12.7. The number of aryl methyl sites for hydroxylation is 1. The molecule has 26 heavy (non-hydrogen) atoms. The van der Waals surface area contributed by atoms with Crippen molar-refractivity contribution >= 4 is 11.3 Å². The van der Waals surface area contributed by atoms with Crippen LogP contribution in [-0.4, -0.2) is 71.4 Å². The van der Waals surface area contributed by atoms with E-state index in [1.54, 1.807) is 11.3 Å². The third-order valence-corrected chi connectivity index (χ3v) is 5.76. The van der Waals surface area contributed by atoms with Gasteiger partial charge < -0.3 is 9.47 Å². The topological polar surface area (TPSA) is 50.7 Å². The summed E-state index contributed by atoms with van der Waals surface area (Å²) in [5.74, 6) is 0. The van der Waals surface area contributed by atoms with Gasteiger partial charge in [0.05, 0.1) is 30.5 Å². The van der Waals surface area contributed by atoms with Crippen LogP contribution >= 0.6 is 11.3 Å². The van der Waals surface area contributed by atoms with E-state index >= 15 is 0 Å². The monoisotopic (exact) mass is 374 g/mol. The summed E-state index contributed by atoms with van der Waals surface area (Å²) >= 11 is 1.71. The molecule has 1 atom stereocenters. The van der Waals surface area contributed by atoms with E-state index in [2.05, 4.69) is 38.1 Å². The van der Waals surface area contributed by atoms with Crippen LogP contribution in [0.2, 0.25) is 0 Å². The Labute approximate surface area is 158 Å². The second-order valence-electron chi connectivity index (χ2n) is 7.22. The van der Waals surface area contributed by atoms with Crippen LogP contribution in [0.4, 0.5) is 0 Å². The molecule has 0 saturated carbocycles. The van der Waals surface area contributed by atoms with E-state index in [0.29, 0.717) is 6.61 Å². The Morgan fingerprint density at radius 2 is 2.04 bits per heavy atom. The van der Waals surface area contributed by atoms with Crippen molar-refractivity contribution in [1.82, 2.24) is 19.8 Å². The number of ether oxygens (including phenoxy) is 2. The van der Waals surface area contributed by atoms with Crippen LogP contribution in [0, 0.1) is 6.92 Å². The number of nitrogens with zero attached hydrogens (tertiary/aromatic N) is 4. The van der Waals surface area contributed by atoms with Gasteiger partial charge >= 0.3 is 0 Å². The molecule has 6 nitrogen and oxygen atoms in total. The lowest BCUT2D eigenvalue weighted by atomic mass is 10.0. The van der Waals surface area contributed by atoms with Gasteiger partial charge in [-0.25, -0.2) is 4.98 Å². The first kappa shape index (κ1) is 18.0. The van der Waals surface area contributed by atoms with Crippen molar-refractivity contribution in [3.8, 4) is 0 Å². The molecule has 2 aromatic rings. The highest BCUT2D eigenvalue weighted by Gasteiger charge is 2.40. The van der Waals surface area contributed by atoms with E-state index in [9.17, 15) is 0 Å². The van der Waals surface area contributed by atoms with Gasteiger partial charge in [-0.15, -0.1) is 11.3 Å². The summed E-state index contributed by atoms with van der Waals surface area (Å²) in [6.07, 6.45) is 3.77. The fourth-order valence-corrected chi connectivity index (χ4v) is 4.42. The molecule has 4 heterocycles. The molecule has 2 aromatic heterocycles. The summed E-state index contributed by atoms with van der Waals surface area (Å²) in [5, 5.41) is 3.28. The van der Waals surface area contributed by atoms with Crippen molar-refractivity contribution in [2.45, 2.75) is 25.6 Å². The second-order valence-corrected chi connectivity index (χ2v) is 8.29. The predicted molar refractivity (Wildman–Crippen MR) is 101 cm³/mol. The van der Waals surface area contributed by atoms with E-state index in [1.807, 2.05) is 18.5 Å². The van der Waals surface area contributed by atoms with Crippen LogP contribution in [-0.2, 0) is 22.6 Å².